The summed E-state index contributed by atoms with van der Waals surface area (Å²) < 4.78 is 41.5. The molecule has 0 unspecified atom stereocenters. The lowest BCUT2D eigenvalue weighted by Crippen LogP contribution is -2.11. The van der Waals surface area contributed by atoms with Crippen molar-refractivity contribution in [3.05, 3.63) is 28.8 Å². The van der Waals surface area contributed by atoms with Gasteiger partial charge >= 0.3 is 11.5 Å². The highest BCUT2D eigenvalue weighted by Crippen LogP contribution is 2.40. The van der Waals surface area contributed by atoms with E-state index in [1.54, 1.807) is 6.07 Å². The summed E-state index contributed by atoms with van der Waals surface area (Å²) in [6, 6.07) is 3.79. The third kappa shape index (κ3) is 3.62. The first kappa shape index (κ1) is 15.3. The van der Waals surface area contributed by atoms with Crippen LogP contribution in [-0.4, -0.2) is 23.7 Å². The van der Waals surface area contributed by atoms with Crippen LogP contribution in [0.3, 0.4) is 0 Å². The molecule has 0 spiro atoms. The molecule has 19 heavy (non-hydrogen) atoms. The summed E-state index contributed by atoms with van der Waals surface area (Å²) in [6.07, 6.45) is 0. The normalized spacial score (nSPS) is 10.9. The van der Waals surface area contributed by atoms with Gasteiger partial charge in [-0.15, -0.1) is 0 Å². The van der Waals surface area contributed by atoms with Crippen LogP contribution in [0.4, 0.5) is 13.2 Å². The minimum Gasteiger partial charge on any atom is -0.465 e. The number of alkyl halides is 3. The molecule has 0 amide bonds. The van der Waals surface area contributed by atoms with Crippen molar-refractivity contribution in [3.63, 3.8) is 0 Å². The summed E-state index contributed by atoms with van der Waals surface area (Å²) in [5.74, 6) is -0.967. The number of ether oxygens (including phenoxy) is 1. The summed E-state index contributed by atoms with van der Waals surface area (Å²) in [5.41, 5.74) is -5.33. The Hall–Kier alpha value is -1.72. The van der Waals surface area contributed by atoms with E-state index in [9.17, 15) is 18.0 Å². The minimum atomic E-state index is -4.56. The number of nitriles is 1. The van der Waals surface area contributed by atoms with Crippen molar-refractivity contribution in [1.82, 2.24) is 0 Å². The van der Waals surface area contributed by atoms with Gasteiger partial charge in [0.1, 0.15) is 6.07 Å². The van der Waals surface area contributed by atoms with Crippen molar-refractivity contribution in [2.75, 3.05) is 7.11 Å². The fourth-order valence-electron chi connectivity index (χ4n) is 1.43. The third-order valence-electron chi connectivity index (χ3n) is 2.16. The maximum absolute atomic E-state index is 12.4. The van der Waals surface area contributed by atoms with Gasteiger partial charge in [-0.1, -0.05) is 0 Å². The predicted octanol–water partition coefficient (Wildman–Crippen LogP) is 2.45. The molecule has 102 valence electrons. The Bertz CT molecular complexity index is 537. The molecule has 8 heteroatoms. The molecule has 1 rings (SSSR count). The van der Waals surface area contributed by atoms with Gasteiger partial charge in [-0.25, -0.2) is 4.79 Å². The van der Waals surface area contributed by atoms with Crippen LogP contribution in [0.2, 0.25) is 0 Å². The van der Waals surface area contributed by atoms with E-state index in [1.165, 1.54) is 0 Å². The van der Waals surface area contributed by atoms with Gasteiger partial charge in [0.25, 0.3) is 0 Å². The standard InChI is InChI=1S/C11H8F3NO3S/c1-18-10(17)9-6(4-15)2-3-8(7(9)5-16)19-11(12,13)14/h2-3,16H,5H2,1H3. The first-order valence-corrected chi connectivity index (χ1v) is 5.66. The maximum Gasteiger partial charge on any atom is 0.446 e. The van der Waals surface area contributed by atoms with Gasteiger partial charge in [0.15, 0.2) is 0 Å². The van der Waals surface area contributed by atoms with E-state index in [4.69, 9.17) is 10.4 Å². The molecule has 1 aromatic rings. The summed E-state index contributed by atoms with van der Waals surface area (Å²) in [7, 11) is 1.04. The fourth-order valence-corrected chi connectivity index (χ4v) is 2.11. The third-order valence-corrected chi connectivity index (χ3v) is 3.00. The van der Waals surface area contributed by atoms with Crippen LogP contribution in [0.15, 0.2) is 17.0 Å². The number of carbonyl (C=O) groups excluding carboxylic acids is 1. The highest BCUT2D eigenvalue weighted by Gasteiger charge is 2.32. The smallest absolute Gasteiger partial charge is 0.446 e. The van der Waals surface area contributed by atoms with Crippen molar-refractivity contribution in [2.45, 2.75) is 17.0 Å². The number of aliphatic hydroxyl groups excluding tert-OH is 1. The molecule has 0 radical (unpaired) electrons. The molecule has 0 saturated carbocycles. The van der Waals surface area contributed by atoms with Gasteiger partial charge in [0, 0.05) is 10.5 Å². The van der Waals surface area contributed by atoms with Crippen molar-refractivity contribution in [3.8, 4) is 6.07 Å². The molecule has 4 nitrogen and oxygen atoms in total. The van der Waals surface area contributed by atoms with E-state index in [0.717, 1.165) is 19.2 Å². The van der Waals surface area contributed by atoms with Gasteiger partial charge in [0.2, 0.25) is 0 Å². The maximum atomic E-state index is 12.4. The molecule has 1 aromatic carbocycles. The minimum absolute atomic E-state index is 0.151. The van der Waals surface area contributed by atoms with Crippen LogP contribution < -0.4 is 0 Å². The number of hydrogen-bond donors (Lipinski definition) is 1. The van der Waals surface area contributed by atoms with E-state index < -0.39 is 29.8 Å². The number of halogens is 3. The number of esters is 1. The van der Waals surface area contributed by atoms with Gasteiger partial charge in [-0.05, 0) is 23.9 Å². The molecule has 0 bridgehead atoms. The van der Waals surface area contributed by atoms with E-state index >= 15 is 0 Å². The van der Waals surface area contributed by atoms with Crippen LogP contribution in [0.5, 0.6) is 0 Å². The second-order valence-corrected chi connectivity index (χ2v) is 4.38. The van der Waals surface area contributed by atoms with E-state index in [-0.39, 0.29) is 21.6 Å². The molecular weight excluding hydrogens is 283 g/mol. The number of nitrogens with zero attached hydrogens (tertiary/aromatic N) is 1. The van der Waals surface area contributed by atoms with Crippen molar-refractivity contribution < 1.29 is 27.8 Å². The van der Waals surface area contributed by atoms with Crippen molar-refractivity contribution in [1.29, 1.82) is 5.26 Å². The largest absolute Gasteiger partial charge is 0.465 e. The van der Waals surface area contributed by atoms with E-state index in [2.05, 4.69) is 4.74 Å². The Morgan fingerprint density at radius 2 is 2.16 bits per heavy atom. The number of rotatable bonds is 3. The number of thioether (sulfide) groups is 1. The highest BCUT2D eigenvalue weighted by atomic mass is 32.2. The number of aliphatic hydroxyl groups is 1. The molecule has 0 saturated heterocycles. The quantitative estimate of drug-likeness (QED) is 0.684. The second kappa shape index (κ2) is 5.95. The second-order valence-electron chi connectivity index (χ2n) is 3.27. The lowest BCUT2D eigenvalue weighted by Gasteiger charge is -2.13. The van der Waals surface area contributed by atoms with Crippen molar-refractivity contribution in [2.24, 2.45) is 0 Å². The topological polar surface area (TPSA) is 70.3 Å². The molecule has 0 fully saturated rings. The molecule has 1 N–H and O–H groups in total. The average Bonchev–Trinajstić information content (AvgIpc) is 2.35. The van der Waals surface area contributed by atoms with Crippen LogP contribution in [-0.2, 0) is 11.3 Å². The zero-order valence-corrected chi connectivity index (χ0v) is 10.4. The fraction of sp³-hybridized carbons (Fsp3) is 0.273. The van der Waals surface area contributed by atoms with Gasteiger partial charge < -0.3 is 9.84 Å². The van der Waals surface area contributed by atoms with Crippen LogP contribution in [0.1, 0.15) is 21.5 Å². The Kier molecular flexibility index (Phi) is 4.80. The summed E-state index contributed by atoms with van der Waals surface area (Å²) in [4.78, 5) is 11.2. The number of methoxy groups -OCH3 is 1. The number of hydrogen-bond acceptors (Lipinski definition) is 5. The van der Waals surface area contributed by atoms with Gasteiger partial charge in [-0.3, -0.25) is 0 Å². The van der Waals surface area contributed by atoms with Crippen LogP contribution in [0, 0.1) is 11.3 Å². The molecule has 0 aliphatic rings. The lowest BCUT2D eigenvalue weighted by molar-refractivity contribution is -0.0328. The predicted molar refractivity (Wildman–Crippen MR) is 60.3 cm³/mol. The molecule has 0 heterocycles. The van der Waals surface area contributed by atoms with Crippen molar-refractivity contribution >= 4 is 17.7 Å². The zero-order valence-electron chi connectivity index (χ0n) is 9.61. The molecular formula is C11H8F3NO3S. The Balaban J connectivity index is 3.45. The Morgan fingerprint density at radius 1 is 1.53 bits per heavy atom. The van der Waals surface area contributed by atoms with Gasteiger partial charge in [0.05, 0.1) is 24.8 Å². The Morgan fingerprint density at radius 3 is 2.58 bits per heavy atom. The summed E-state index contributed by atoms with van der Waals surface area (Å²) in [6.45, 7) is -0.807. The van der Waals surface area contributed by atoms with Gasteiger partial charge in [-0.2, -0.15) is 18.4 Å². The molecule has 0 aromatic heterocycles. The highest BCUT2D eigenvalue weighted by molar-refractivity contribution is 8.00. The van der Waals surface area contributed by atoms with Crippen LogP contribution >= 0.6 is 11.8 Å². The number of benzene rings is 1. The monoisotopic (exact) mass is 291 g/mol. The van der Waals surface area contributed by atoms with Crippen LogP contribution in [0.25, 0.3) is 0 Å². The lowest BCUT2D eigenvalue weighted by atomic mass is 10.0. The van der Waals surface area contributed by atoms with E-state index in [0.29, 0.717) is 0 Å². The number of carbonyl (C=O) groups is 1. The summed E-state index contributed by atoms with van der Waals surface area (Å²) in [5, 5.41) is 18.0. The first-order valence-electron chi connectivity index (χ1n) is 4.85. The van der Waals surface area contributed by atoms with E-state index in [1.807, 2.05) is 0 Å². The zero-order chi connectivity index (χ0) is 14.6. The average molecular weight is 291 g/mol. The molecule has 0 atom stereocenters. The summed E-state index contributed by atoms with van der Waals surface area (Å²) >= 11 is -0.464. The molecule has 0 aliphatic carbocycles. The molecule has 0 aliphatic heterocycles. The first-order chi connectivity index (χ1) is 8.84. The SMILES string of the molecule is COC(=O)c1c(C#N)ccc(SC(F)(F)F)c1CO. The Labute approximate surface area is 110 Å².